The van der Waals surface area contributed by atoms with Crippen LogP contribution in [-0.4, -0.2) is 47.0 Å². The number of carbonyl (C=O) groups is 1. The fourth-order valence-corrected chi connectivity index (χ4v) is 3.68. The van der Waals surface area contributed by atoms with Crippen LogP contribution in [0.15, 0.2) is 36.5 Å². The van der Waals surface area contributed by atoms with Gasteiger partial charge in [-0.25, -0.2) is 4.79 Å². The first-order chi connectivity index (χ1) is 13.0. The summed E-state index contributed by atoms with van der Waals surface area (Å²) in [5.74, 6) is 0.367. The van der Waals surface area contributed by atoms with Crippen LogP contribution in [0.2, 0.25) is 10.0 Å². The zero-order chi connectivity index (χ0) is 19.0. The molecule has 3 heterocycles. The molecule has 140 valence electrons. The zero-order valence-corrected chi connectivity index (χ0v) is 15.8. The molecule has 2 aromatic heterocycles. The average Bonchev–Trinajstić information content (AvgIpc) is 3.06. The largest absolute Gasteiger partial charge is 0.367 e. The van der Waals surface area contributed by atoms with E-state index in [-0.39, 0.29) is 0 Å². The number of nitrogens with two attached hydrogens (primary N) is 1. The van der Waals surface area contributed by atoms with Gasteiger partial charge >= 0.3 is 6.03 Å². The van der Waals surface area contributed by atoms with Gasteiger partial charge in [-0.3, -0.25) is 5.32 Å². The minimum absolute atomic E-state index is 0.367. The van der Waals surface area contributed by atoms with Gasteiger partial charge < -0.3 is 15.5 Å². The molecule has 3 N–H and O–H groups in total. The van der Waals surface area contributed by atoms with Gasteiger partial charge in [0.25, 0.3) is 0 Å². The van der Waals surface area contributed by atoms with E-state index in [1.165, 1.54) is 4.63 Å². The first kappa shape index (κ1) is 17.7. The van der Waals surface area contributed by atoms with Crippen molar-refractivity contribution in [2.45, 2.75) is 0 Å². The number of primary amides is 1. The number of hydrogen-bond acceptors (Lipinski definition) is 5. The number of hydrogen-bond donors (Lipinski definition) is 2. The quantitative estimate of drug-likeness (QED) is 0.698. The van der Waals surface area contributed by atoms with Crippen LogP contribution in [0.3, 0.4) is 0 Å². The standard InChI is InChI=1S/C17H17Cl2N7O/c18-11-2-1-3-13(16(11)19)25-8-6-24(7-9-25)12-4-5-21-26-14(12)10-15(23-26)22-17(20)27/h1-5,10H,6-9H2,(H3,20,22,23,27). The second-order valence-electron chi connectivity index (χ2n) is 6.16. The fourth-order valence-electron chi connectivity index (χ4n) is 3.27. The lowest BCUT2D eigenvalue weighted by molar-refractivity contribution is 0.259. The van der Waals surface area contributed by atoms with E-state index in [2.05, 4.69) is 25.3 Å². The SMILES string of the molecule is NC(=O)Nc1cc2c(N3CCN(c4cccc(Cl)c4Cl)CC3)ccnn2n1. The Morgan fingerprint density at radius 3 is 2.48 bits per heavy atom. The van der Waals surface area contributed by atoms with E-state index in [1.54, 1.807) is 18.3 Å². The molecule has 0 aliphatic carbocycles. The van der Waals surface area contributed by atoms with Crippen LogP contribution in [0, 0.1) is 0 Å². The number of piperazine rings is 1. The molecule has 0 spiro atoms. The van der Waals surface area contributed by atoms with Crippen molar-refractivity contribution in [1.29, 1.82) is 0 Å². The molecule has 10 heteroatoms. The van der Waals surface area contributed by atoms with Gasteiger partial charge in [-0.15, -0.1) is 9.73 Å². The molecule has 0 atom stereocenters. The van der Waals surface area contributed by atoms with Crippen LogP contribution in [0.5, 0.6) is 0 Å². The second kappa shape index (κ2) is 7.13. The summed E-state index contributed by atoms with van der Waals surface area (Å²) in [5.41, 5.74) is 7.90. The first-order valence-electron chi connectivity index (χ1n) is 8.38. The molecule has 1 aliphatic heterocycles. The number of nitrogens with one attached hydrogen (secondary N) is 1. The Morgan fingerprint density at radius 2 is 1.78 bits per heavy atom. The second-order valence-corrected chi connectivity index (χ2v) is 6.94. The Bertz CT molecular complexity index is 998. The molecule has 3 aromatic rings. The van der Waals surface area contributed by atoms with Crippen LogP contribution in [-0.2, 0) is 0 Å². The number of aromatic nitrogens is 3. The van der Waals surface area contributed by atoms with Gasteiger partial charge in [-0.2, -0.15) is 5.10 Å². The highest BCUT2D eigenvalue weighted by Crippen LogP contribution is 2.33. The summed E-state index contributed by atoms with van der Waals surface area (Å²) in [6.45, 7) is 3.20. The smallest absolute Gasteiger partial charge is 0.317 e. The Hall–Kier alpha value is -2.71. The third-order valence-corrected chi connectivity index (χ3v) is 5.31. The Morgan fingerprint density at radius 1 is 1.07 bits per heavy atom. The summed E-state index contributed by atoms with van der Waals surface area (Å²) < 4.78 is 1.49. The number of nitrogens with zero attached hydrogens (tertiary/aromatic N) is 5. The number of carbonyl (C=O) groups excluding carboxylic acids is 1. The third-order valence-electron chi connectivity index (χ3n) is 4.51. The van der Waals surface area contributed by atoms with Gasteiger partial charge in [0.05, 0.1) is 27.6 Å². The van der Waals surface area contributed by atoms with Gasteiger partial charge in [0.2, 0.25) is 0 Å². The van der Waals surface area contributed by atoms with E-state index in [0.29, 0.717) is 15.9 Å². The van der Waals surface area contributed by atoms with Crippen molar-refractivity contribution in [3.8, 4) is 0 Å². The van der Waals surface area contributed by atoms with Crippen molar-refractivity contribution in [3.05, 3.63) is 46.6 Å². The molecule has 8 nitrogen and oxygen atoms in total. The molecule has 4 rings (SSSR count). The fraction of sp³-hybridized carbons (Fsp3) is 0.235. The molecule has 1 aliphatic rings. The van der Waals surface area contributed by atoms with Crippen LogP contribution in [0.25, 0.3) is 5.52 Å². The van der Waals surface area contributed by atoms with Crippen molar-refractivity contribution in [3.63, 3.8) is 0 Å². The Balaban J connectivity index is 1.55. The molecule has 0 bridgehead atoms. The lowest BCUT2D eigenvalue weighted by atomic mass is 10.2. The number of halogens is 2. The van der Waals surface area contributed by atoms with Crippen molar-refractivity contribution >= 4 is 51.9 Å². The van der Waals surface area contributed by atoms with Gasteiger partial charge in [0.1, 0.15) is 5.52 Å². The van der Waals surface area contributed by atoms with E-state index in [4.69, 9.17) is 28.9 Å². The summed E-state index contributed by atoms with van der Waals surface area (Å²) in [7, 11) is 0. The molecule has 0 radical (unpaired) electrons. The minimum atomic E-state index is -0.660. The predicted molar refractivity (Wildman–Crippen MR) is 107 cm³/mol. The number of benzene rings is 1. The topological polar surface area (TPSA) is 91.8 Å². The summed E-state index contributed by atoms with van der Waals surface area (Å²) >= 11 is 12.5. The molecule has 1 saturated heterocycles. The van der Waals surface area contributed by atoms with E-state index >= 15 is 0 Å². The van der Waals surface area contributed by atoms with Crippen molar-refractivity contribution in [2.24, 2.45) is 5.73 Å². The number of fused-ring (bicyclic) bond motifs is 1. The van der Waals surface area contributed by atoms with Gasteiger partial charge in [-0.05, 0) is 18.2 Å². The lowest BCUT2D eigenvalue weighted by Crippen LogP contribution is -2.46. The highest BCUT2D eigenvalue weighted by atomic mass is 35.5. The first-order valence-corrected chi connectivity index (χ1v) is 9.14. The van der Waals surface area contributed by atoms with E-state index in [1.807, 2.05) is 18.2 Å². The number of amides is 2. The van der Waals surface area contributed by atoms with E-state index < -0.39 is 6.03 Å². The Labute approximate surface area is 165 Å². The summed E-state index contributed by atoms with van der Waals surface area (Å²) in [6.07, 6.45) is 1.68. The van der Waals surface area contributed by atoms with Gasteiger partial charge in [0, 0.05) is 32.2 Å². The molecular formula is C17H17Cl2N7O. The van der Waals surface area contributed by atoms with Crippen molar-refractivity contribution in [1.82, 2.24) is 14.8 Å². The van der Waals surface area contributed by atoms with Gasteiger partial charge in [0.15, 0.2) is 5.82 Å². The molecule has 2 amide bonds. The average molecular weight is 406 g/mol. The number of urea groups is 1. The summed E-state index contributed by atoms with van der Waals surface area (Å²) in [5, 5.41) is 12.0. The van der Waals surface area contributed by atoms with Crippen LogP contribution >= 0.6 is 23.2 Å². The zero-order valence-electron chi connectivity index (χ0n) is 14.3. The monoisotopic (exact) mass is 405 g/mol. The molecule has 0 saturated carbocycles. The van der Waals surface area contributed by atoms with Crippen LogP contribution in [0.1, 0.15) is 0 Å². The Kier molecular flexibility index (Phi) is 4.67. The maximum atomic E-state index is 11.1. The maximum Gasteiger partial charge on any atom is 0.317 e. The third kappa shape index (κ3) is 3.45. The summed E-state index contributed by atoms with van der Waals surface area (Å²) in [4.78, 5) is 15.5. The number of anilines is 3. The minimum Gasteiger partial charge on any atom is -0.367 e. The highest BCUT2D eigenvalue weighted by molar-refractivity contribution is 6.43. The molecular weight excluding hydrogens is 389 g/mol. The van der Waals surface area contributed by atoms with Crippen molar-refractivity contribution in [2.75, 3.05) is 41.3 Å². The number of rotatable bonds is 3. The molecule has 1 aromatic carbocycles. The highest BCUT2D eigenvalue weighted by Gasteiger charge is 2.22. The molecule has 1 fully saturated rings. The van der Waals surface area contributed by atoms with E-state index in [9.17, 15) is 4.79 Å². The van der Waals surface area contributed by atoms with E-state index in [0.717, 1.165) is 43.1 Å². The summed E-state index contributed by atoms with van der Waals surface area (Å²) in [6, 6.07) is 8.71. The van der Waals surface area contributed by atoms with Crippen molar-refractivity contribution < 1.29 is 4.79 Å². The normalized spacial score (nSPS) is 14.6. The predicted octanol–water partition coefficient (Wildman–Crippen LogP) is 2.85. The van der Waals surface area contributed by atoms with Crippen LogP contribution < -0.4 is 20.9 Å². The lowest BCUT2D eigenvalue weighted by Gasteiger charge is -2.37. The molecule has 27 heavy (non-hydrogen) atoms. The van der Waals surface area contributed by atoms with Gasteiger partial charge in [-0.1, -0.05) is 29.3 Å². The maximum absolute atomic E-state index is 11.1. The molecule has 0 unspecified atom stereocenters. The van der Waals surface area contributed by atoms with Crippen LogP contribution in [0.4, 0.5) is 22.0 Å².